The van der Waals surface area contributed by atoms with Crippen molar-refractivity contribution in [2.75, 3.05) is 10.7 Å². The third-order valence-electron chi connectivity index (χ3n) is 3.11. The van der Waals surface area contributed by atoms with Crippen LogP contribution in [0.1, 0.15) is 36.7 Å². The summed E-state index contributed by atoms with van der Waals surface area (Å²) < 4.78 is 0. The zero-order valence-electron chi connectivity index (χ0n) is 12.1. The lowest BCUT2D eigenvalue weighted by Gasteiger charge is -2.10. The average Bonchev–Trinajstić information content (AvgIpc) is 2.45. The van der Waals surface area contributed by atoms with Gasteiger partial charge in [0, 0.05) is 12.6 Å². The Balaban J connectivity index is 2.03. The maximum absolute atomic E-state index is 5.37. The molecule has 0 spiro atoms. The van der Waals surface area contributed by atoms with E-state index in [0.29, 0.717) is 17.6 Å². The summed E-state index contributed by atoms with van der Waals surface area (Å²) in [7, 11) is 0. The van der Waals surface area contributed by atoms with E-state index in [-0.39, 0.29) is 0 Å². The van der Waals surface area contributed by atoms with Crippen LogP contribution in [0, 0.1) is 6.92 Å². The van der Waals surface area contributed by atoms with E-state index in [2.05, 4.69) is 58.8 Å². The number of aromatic nitrogens is 2. The van der Waals surface area contributed by atoms with Crippen LogP contribution in [0.25, 0.3) is 0 Å². The molecule has 0 fully saturated rings. The number of hydrogen-bond donors (Lipinski definition) is 3. The summed E-state index contributed by atoms with van der Waals surface area (Å²) in [6.45, 7) is 6.94. The Kier molecular flexibility index (Phi) is 4.53. The van der Waals surface area contributed by atoms with E-state index >= 15 is 0 Å². The Labute approximate surface area is 119 Å². The standard InChI is InChI=1S/C15H21N5/c1-10(2)13-6-4-12(5-7-13)9-17-14-8-15(20-16)19-11(3)18-14/h4-8,10H,9,16H2,1-3H3,(H2,17,18,19,20). The molecule has 2 rings (SSSR count). The van der Waals surface area contributed by atoms with E-state index in [1.807, 2.05) is 6.92 Å². The van der Waals surface area contributed by atoms with Crippen molar-refractivity contribution in [2.45, 2.75) is 33.2 Å². The number of nitrogens with one attached hydrogen (secondary N) is 2. The third kappa shape index (κ3) is 3.68. The molecule has 2 aromatic rings. The van der Waals surface area contributed by atoms with Crippen molar-refractivity contribution >= 4 is 11.6 Å². The van der Waals surface area contributed by atoms with Crippen LogP contribution in [-0.4, -0.2) is 9.97 Å². The molecule has 0 radical (unpaired) electrons. The number of aryl methyl sites for hydroxylation is 1. The van der Waals surface area contributed by atoms with Crippen molar-refractivity contribution in [1.82, 2.24) is 9.97 Å². The number of anilines is 2. The second kappa shape index (κ2) is 6.34. The van der Waals surface area contributed by atoms with Crippen LogP contribution < -0.4 is 16.6 Å². The largest absolute Gasteiger partial charge is 0.366 e. The molecule has 1 heterocycles. The van der Waals surface area contributed by atoms with Crippen molar-refractivity contribution < 1.29 is 0 Å². The molecule has 0 amide bonds. The number of rotatable bonds is 5. The first kappa shape index (κ1) is 14.3. The molecule has 0 saturated carbocycles. The van der Waals surface area contributed by atoms with Crippen LogP contribution in [-0.2, 0) is 6.54 Å². The lowest BCUT2D eigenvalue weighted by atomic mass is 10.0. The van der Waals surface area contributed by atoms with Crippen molar-refractivity contribution in [2.24, 2.45) is 5.84 Å². The topological polar surface area (TPSA) is 75.9 Å². The minimum absolute atomic E-state index is 0.555. The molecular formula is C15H21N5. The minimum atomic E-state index is 0.555. The lowest BCUT2D eigenvalue weighted by molar-refractivity contribution is 0.865. The monoisotopic (exact) mass is 271 g/mol. The first-order valence-corrected chi connectivity index (χ1v) is 6.73. The fourth-order valence-electron chi connectivity index (χ4n) is 1.95. The highest BCUT2D eigenvalue weighted by Gasteiger charge is 2.02. The van der Waals surface area contributed by atoms with Gasteiger partial charge in [-0.05, 0) is 24.0 Å². The first-order chi connectivity index (χ1) is 9.58. The molecule has 1 aromatic heterocycles. The van der Waals surface area contributed by atoms with Crippen molar-refractivity contribution in [3.63, 3.8) is 0 Å². The van der Waals surface area contributed by atoms with Gasteiger partial charge in [0.15, 0.2) is 0 Å². The summed E-state index contributed by atoms with van der Waals surface area (Å²) in [4.78, 5) is 8.48. The van der Waals surface area contributed by atoms with Crippen LogP contribution in [0.3, 0.4) is 0 Å². The molecule has 5 heteroatoms. The van der Waals surface area contributed by atoms with Gasteiger partial charge in [-0.25, -0.2) is 15.8 Å². The molecule has 4 N–H and O–H groups in total. The van der Waals surface area contributed by atoms with Crippen LogP contribution in [0.5, 0.6) is 0 Å². The van der Waals surface area contributed by atoms with Crippen molar-refractivity contribution in [3.8, 4) is 0 Å². The van der Waals surface area contributed by atoms with Gasteiger partial charge in [0.1, 0.15) is 17.5 Å². The van der Waals surface area contributed by atoms with Gasteiger partial charge in [-0.15, -0.1) is 0 Å². The fourth-order valence-corrected chi connectivity index (χ4v) is 1.95. The van der Waals surface area contributed by atoms with Gasteiger partial charge in [-0.1, -0.05) is 38.1 Å². The molecular weight excluding hydrogens is 250 g/mol. The Hall–Kier alpha value is -2.14. The quantitative estimate of drug-likeness (QED) is 0.576. The van der Waals surface area contributed by atoms with Crippen molar-refractivity contribution in [1.29, 1.82) is 0 Å². The van der Waals surface area contributed by atoms with E-state index in [0.717, 1.165) is 12.4 Å². The van der Waals surface area contributed by atoms with Gasteiger partial charge < -0.3 is 10.7 Å². The van der Waals surface area contributed by atoms with Gasteiger partial charge in [-0.2, -0.15) is 0 Å². The Morgan fingerprint density at radius 3 is 2.35 bits per heavy atom. The predicted octanol–water partition coefficient (Wildman–Crippen LogP) is 2.81. The number of benzene rings is 1. The van der Waals surface area contributed by atoms with Crippen LogP contribution >= 0.6 is 0 Å². The van der Waals surface area contributed by atoms with Crippen LogP contribution in [0.15, 0.2) is 30.3 Å². The Morgan fingerprint density at radius 1 is 1.10 bits per heavy atom. The zero-order chi connectivity index (χ0) is 14.5. The van der Waals surface area contributed by atoms with Crippen LogP contribution in [0.4, 0.5) is 11.6 Å². The molecule has 5 nitrogen and oxygen atoms in total. The highest BCUT2D eigenvalue weighted by atomic mass is 15.3. The summed E-state index contributed by atoms with van der Waals surface area (Å²) in [6, 6.07) is 10.4. The van der Waals surface area contributed by atoms with E-state index in [9.17, 15) is 0 Å². The van der Waals surface area contributed by atoms with E-state index in [4.69, 9.17) is 5.84 Å². The maximum atomic E-state index is 5.37. The van der Waals surface area contributed by atoms with Crippen LogP contribution in [0.2, 0.25) is 0 Å². The molecule has 20 heavy (non-hydrogen) atoms. The van der Waals surface area contributed by atoms with E-state index in [1.165, 1.54) is 11.1 Å². The second-order valence-corrected chi connectivity index (χ2v) is 5.08. The van der Waals surface area contributed by atoms with Gasteiger partial charge in [0.2, 0.25) is 0 Å². The summed E-state index contributed by atoms with van der Waals surface area (Å²) in [5, 5.41) is 3.28. The second-order valence-electron chi connectivity index (χ2n) is 5.08. The van der Waals surface area contributed by atoms with E-state index in [1.54, 1.807) is 6.07 Å². The molecule has 0 saturated heterocycles. The zero-order valence-corrected chi connectivity index (χ0v) is 12.1. The Bertz CT molecular complexity index is 563. The number of nitrogens with zero attached hydrogens (tertiary/aromatic N) is 2. The number of nitrogen functional groups attached to an aromatic ring is 1. The molecule has 0 atom stereocenters. The minimum Gasteiger partial charge on any atom is -0.366 e. The van der Waals surface area contributed by atoms with Gasteiger partial charge in [0.25, 0.3) is 0 Å². The van der Waals surface area contributed by atoms with E-state index < -0.39 is 0 Å². The molecule has 0 unspecified atom stereocenters. The third-order valence-corrected chi connectivity index (χ3v) is 3.11. The SMILES string of the molecule is Cc1nc(NN)cc(NCc2ccc(C(C)C)cc2)n1. The normalized spacial score (nSPS) is 10.7. The first-order valence-electron chi connectivity index (χ1n) is 6.73. The predicted molar refractivity (Wildman–Crippen MR) is 82.4 cm³/mol. The molecule has 1 aromatic carbocycles. The molecule has 0 bridgehead atoms. The molecule has 0 aliphatic rings. The summed E-state index contributed by atoms with van der Waals surface area (Å²) in [5.74, 6) is 7.97. The van der Waals surface area contributed by atoms with Gasteiger partial charge >= 0.3 is 0 Å². The highest BCUT2D eigenvalue weighted by Crippen LogP contribution is 2.16. The summed E-state index contributed by atoms with van der Waals surface area (Å²) in [6.07, 6.45) is 0. The molecule has 106 valence electrons. The smallest absolute Gasteiger partial charge is 0.145 e. The summed E-state index contributed by atoms with van der Waals surface area (Å²) in [5.41, 5.74) is 5.10. The van der Waals surface area contributed by atoms with Crippen molar-refractivity contribution in [3.05, 3.63) is 47.3 Å². The molecule has 0 aliphatic carbocycles. The molecule has 0 aliphatic heterocycles. The summed E-state index contributed by atoms with van der Waals surface area (Å²) >= 11 is 0. The Morgan fingerprint density at radius 2 is 1.75 bits per heavy atom. The number of hydrazine groups is 1. The van der Waals surface area contributed by atoms with Gasteiger partial charge in [-0.3, -0.25) is 0 Å². The number of nitrogens with two attached hydrogens (primary N) is 1. The number of hydrogen-bond acceptors (Lipinski definition) is 5. The van der Waals surface area contributed by atoms with Gasteiger partial charge in [0.05, 0.1) is 0 Å². The average molecular weight is 271 g/mol. The fraction of sp³-hybridized carbons (Fsp3) is 0.333. The lowest BCUT2D eigenvalue weighted by Crippen LogP contribution is -2.11. The highest BCUT2D eigenvalue weighted by molar-refractivity contribution is 5.47. The maximum Gasteiger partial charge on any atom is 0.145 e.